The van der Waals surface area contributed by atoms with Crippen LogP contribution < -0.4 is 25.0 Å². The number of benzene rings is 8. The number of aliphatic imine (C=N–C) groups is 1. The van der Waals surface area contributed by atoms with Crippen molar-refractivity contribution in [1.29, 1.82) is 0 Å². The molecule has 8 rings (SSSR count). The Kier molecular flexibility index (Phi) is 17.8. The van der Waals surface area contributed by atoms with E-state index in [1.54, 1.807) is 97.1 Å². The standard InChI is InChI=1S/2C25H20ClN3O6S.Ca/c2*1-14-18(26)11-12-21(36(32,33)34)22(14)28-29-23-16-8-4-3-7-15(16)13-17(24(23)30)25(31)27-19-9-5-6-10-20(19)35-2;/h2*3-13,30H,1-2H3,(H,27,31)(H,32,33,34);/q;;+2/p-2. The van der Waals surface area contributed by atoms with Gasteiger partial charge in [-0.3, -0.25) is 18.9 Å². The number of nitrogens with one attached hydrogen (secondary N) is 1. The van der Waals surface area contributed by atoms with Crippen LogP contribution in [-0.2, 0) is 20.2 Å². The van der Waals surface area contributed by atoms with E-state index in [0.29, 0.717) is 38.7 Å². The maximum absolute atomic E-state index is 13.4. The Hall–Kier alpha value is -6.72. The zero-order chi connectivity index (χ0) is 52.1. The van der Waals surface area contributed by atoms with Gasteiger partial charge >= 0.3 is 37.7 Å². The van der Waals surface area contributed by atoms with Gasteiger partial charge in [0, 0.05) is 20.8 Å². The molecule has 0 fully saturated rings. The molecule has 0 bridgehead atoms. The predicted molar refractivity (Wildman–Crippen MR) is 275 cm³/mol. The quantitative estimate of drug-likeness (QED) is 0.0292. The fourth-order valence-electron chi connectivity index (χ4n) is 7.15. The molecule has 1 amide bonds. The van der Waals surface area contributed by atoms with E-state index >= 15 is 0 Å². The van der Waals surface area contributed by atoms with Crippen LogP contribution >= 0.6 is 23.2 Å². The largest absolute Gasteiger partial charge is 2.00 e. The maximum Gasteiger partial charge on any atom is 2.00 e. The number of phenolic OH excluding ortho intramolecular Hbond substituents is 1. The molecule has 368 valence electrons. The van der Waals surface area contributed by atoms with Gasteiger partial charge < -0.3 is 30.1 Å². The van der Waals surface area contributed by atoms with Crippen LogP contribution in [-0.4, -0.2) is 94.8 Å². The van der Waals surface area contributed by atoms with Crippen LogP contribution in [0.3, 0.4) is 0 Å². The number of rotatable bonds is 12. The van der Waals surface area contributed by atoms with Crippen molar-refractivity contribution in [3.63, 3.8) is 0 Å². The third-order valence-electron chi connectivity index (χ3n) is 10.8. The van der Waals surface area contributed by atoms with Crippen molar-refractivity contribution >= 4 is 149 Å². The molecule has 0 aliphatic carbocycles. The summed E-state index contributed by atoms with van der Waals surface area (Å²) >= 11 is 12.2. The number of carbonyl (C=O) groups excluding carboxylic acids is 1. The van der Waals surface area contributed by atoms with Gasteiger partial charge in [0.05, 0.1) is 31.2 Å². The van der Waals surface area contributed by atoms with Gasteiger partial charge in [0.25, 0.3) is 26.1 Å². The first-order valence-corrected chi connectivity index (χ1v) is 24.5. The average molecular weight is 1090 g/mol. The number of halogens is 2. The third kappa shape index (κ3) is 12.4. The van der Waals surface area contributed by atoms with Crippen molar-refractivity contribution in [3.8, 4) is 23.0 Å². The van der Waals surface area contributed by atoms with E-state index in [1.165, 1.54) is 52.3 Å². The summed E-state index contributed by atoms with van der Waals surface area (Å²) in [6.07, 6.45) is 0. The molecule has 0 saturated heterocycles. The van der Waals surface area contributed by atoms with Gasteiger partial charge in [0.15, 0.2) is 5.75 Å². The smallest absolute Gasteiger partial charge is 0.871 e. The molecule has 23 heteroatoms. The van der Waals surface area contributed by atoms with Crippen molar-refractivity contribution in [2.75, 3.05) is 19.5 Å². The number of methoxy groups -OCH3 is 2. The molecule has 18 nitrogen and oxygen atoms in total. The zero-order valence-corrected chi connectivity index (χ0v) is 44.1. The summed E-state index contributed by atoms with van der Waals surface area (Å²) in [5.74, 6) is -1.89. The van der Waals surface area contributed by atoms with Crippen LogP contribution in [0.15, 0.2) is 169 Å². The zero-order valence-electron chi connectivity index (χ0n) is 38.7. The average Bonchev–Trinajstić information content (AvgIpc) is 3.35. The number of anilines is 1. The Bertz CT molecular complexity index is 3790. The molecule has 0 radical (unpaired) electrons. The third-order valence-corrected chi connectivity index (χ3v) is 13.4. The number of hydrogen-bond acceptors (Lipinski definition) is 15. The van der Waals surface area contributed by atoms with Crippen molar-refractivity contribution in [1.82, 2.24) is 0 Å². The Labute approximate surface area is 457 Å². The molecule has 8 aromatic carbocycles. The summed E-state index contributed by atoms with van der Waals surface area (Å²) < 4.78 is 77.2. The van der Waals surface area contributed by atoms with Gasteiger partial charge in [-0.05, 0) is 108 Å². The number of aromatic hydroxyl groups is 1. The normalized spacial score (nSPS) is 11.9. The molecular formula is C50H38CaCl2N6O12S2. The minimum Gasteiger partial charge on any atom is -0.871 e. The van der Waals surface area contributed by atoms with Crippen LogP contribution in [0.4, 0.5) is 34.1 Å². The van der Waals surface area contributed by atoms with Crippen molar-refractivity contribution in [2.45, 2.75) is 23.6 Å². The van der Waals surface area contributed by atoms with Crippen molar-refractivity contribution in [2.24, 2.45) is 25.4 Å². The second-order valence-electron chi connectivity index (χ2n) is 15.3. The molecule has 8 aromatic rings. The number of fused-ring (bicyclic) bond motifs is 2. The van der Waals surface area contributed by atoms with Gasteiger partial charge in [0.2, 0.25) is 0 Å². The molecule has 0 aliphatic rings. The van der Waals surface area contributed by atoms with Crippen LogP contribution in [0.5, 0.6) is 23.0 Å². The van der Waals surface area contributed by atoms with Crippen LogP contribution in [0.2, 0.25) is 10.0 Å². The summed E-state index contributed by atoms with van der Waals surface area (Å²) in [4.78, 5) is 16.1. The van der Waals surface area contributed by atoms with E-state index in [0.717, 1.165) is 12.1 Å². The van der Waals surface area contributed by atoms with E-state index in [4.69, 9.17) is 32.7 Å². The molecule has 0 atom stereocenters. The number of hydrogen-bond donors (Lipinski definition) is 4. The number of para-hydroxylation sites is 4. The Balaban J connectivity index is 0.000000235. The topological polar surface area (TPSA) is 284 Å². The second kappa shape index (κ2) is 23.4. The molecular weight excluding hydrogens is 1050 g/mol. The summed E-state index contributed by atoms with van der Waals surface area (Å²) in [6, 6.07) is 34.6. The fourth-order valence-corrected chi connectivity index (χ4v) is 8.82. The Morgan fingerprint density at radius 2 is 1.04 bits per heavy atom. The van der Waals surface area contributed by atoms with E-state index in [9.17, 15) is 46.1 Å². The van der Waals surface area contributed by atoms with Gasteiger partial charge in [-0.25, -0.2) is 0 Å². The Morgan fingerprint density at radius 3 is 1.58 bits per heavy atom. The van der Waals surface area contributed by atoms with Gasteiger partial charge in [-0.2, -0.15) is 21.9 Å². The summed E-state index contributed by atoms with van der Waals surface area (Å²) in [7, 11) is -6.40. The minimum atomic E-state index is -4.66. The molecule has 4 N–H and O–H groups in total. The predicted octanol–water partition coefficient (Wildman–Crippen LogP) is 11.0. The molecule has 0 aromatic heterocycles. The van der Waals surface area contributed by atoms with Gasteiger partial charge in [0.1, 0.15) is 44.0 Å². The molecule has 0 spiro atoms. The van der Waals surface area contributed by atoms with Crippen LogP contribution in [0.1, 0.15) is 27.0 Å². The maximum atomic E-state index is 13.4. The van der Waals surface area contributed by atoms with Gasteiger partial charge in [-0.15, -0.1) is 15.3 Å². The second-order valence-corrected chi connectivity index (χ2v) is 18.9. The number of azo groups is 2. The molecule has 0 unspecified atom stereocenters. The summed E-state index contributed by atoms with van der Waals surface area (Å²) in [6.45, 7) is 3.01. The minimum absolute atomic E-state index is 0. The van der Waals surface area contributed by atoms with Crippen molar-refractivity contribution < 1.29 is 55.5 Å². The SMILES string of the molecule is COc1ccccc1N=C([O-])c1cc2ccccc2c(N=Nc2c(S(=O)(=O)O)ccc(Cl)c2C)c1[O-].COc1ccccc1NC(=O)c1cc2ccccc2c(N=Nc2c(S(=O)(=O)O)ccc(Cl)c2C)c1O.[Ca+2]. The number of carbonyl (C=O) groups is 1. The van der Waals surface area contributed by atoms with Crippen molar-refractivity contribution in [3.05, 3.63) is 166 Å². The molecule has 0 aliphatic heterocycles. The number of phenols is 1. The first-order valence-electron chi connectivity index (χ1n) is 20.9. The van der Waals surface area contributed by atoms with E-state index in [-0.39, 0.29) is 98.5 Å². The number of ether oxygens (including phenoxy) is 2. The summed E-state index contributed by atoms with van der Waals surface area (Å²) in [5.41, 5.74) is 0.0709. The summed E-state index contributed by atoms with van der Waals surface area (Å²) in [5, 5.41) is 58.6. The van der Waals surface area contributed by atoms with E-state index < -0.39 is 53.3 Å². The number of nitrogens with zero attached hydrogens (tertiary/aromatic N) is 5. The van der Waals surface area contributed by atoms with Crippen LogP contribution in [0, 0.1) is 13.8 Å². The first kappa shape index (κ1) is 55.6. The number of amides is 1. The molecule has 0 saturated carbocycles. The van der Waals surface area contributed by atoms with E-state index in [1.807, 2.05) is 0 Å². The Morgan fingerprint density at radius 1 is 0.603 bits per heavy atom. The molecule has 0 heterocycles. The first-order chi connectivity index (χ1) is 34.2. The van der Waals surface area contributed by atoms with Gasteiger partial charge in [-0.1, -0.05) is 102 Å². The monoisotopic (exact) mass is 1090 g/mol. The fraction of sp³-hybridized carbons (Fsp3) is 0.0800. The van der Waals surface area contributed by atoms with E-state index in [2.05, 4.69) is 30.8 Å². The van der Waals surface area contributed by atoms with Crippen LogP contribution in [0.25, 0.3) is 21.5 Å². The molecule has 73 heavy (non-hydrogen) atoms.